The Morgan fingerprint density at radius 2 is 2.00 bits per heavy atom. The predicted octanol–water partition coefficient (Wildman–Crippen LogP) is 4.84. The summed E-state index contributed by atoms with van der Waals surface area (Å²) in [5, 5.41) is 18.9. The van der Waals surface area contributed by atoms with Crippen LogP contribution in [0.3, 0.4) is 0 Å². The fraction of sp³-hybridized carbons (Fsp3) is 0.111. The molecule has 0 saturated heterocycles. The largest absolute Gasteiger partial charge is 0.376 e. The van der Waals surface area contributed by atoms with Crippen molar-refractivity contribution in [2.45, 2.75) is 6.92 Å². The number of benzene rings is 2. The Hall–Kier alpha value is -2.78. The third-order valence-electron chi connectivity index (χ3n) is 3.76. The van der Waals surface area contributed by atoms with Gasteiger partial charge in [0.15, 0.2) is 5.13 Å². The third-order valence-corrected chi connectivity index (χ3v) is 5.05. The molecule has 1 aromatic heterocycles. The number of nitrogens with zero attached hydrogens (tertiary/aromatic N) is 2. The number of nitrogens with one attached hydrogen (secondary N) is 2. The van der Waals surface area contributed by atoms with E-state index >= 15 is 0 Å². The molecule has 0 unspecified atom stereocenters. The first-order valence-corrected chi connectivity index (χ1v) is 9.60. The van der Waals surface area contributed by atoms with Gasteiger partial charge in [-0.15, -0.1) is 11.3 Å². The molecule has 0 bridgehead atoms. The van der Waals surface area contributed by atoms with Gasteiger partial charge in [0.2, 0.25) is 5.91 Å². The molecule has 7 nitrogen and oxygen atoms in total. The lowest BCUT2D eigenvalue weighted by Crippen LogP contribution is -2.22. The van der Waals surface area contributed by atoms with E-state index in [2.05, 4.69) is 31.5 Å². The summed E-state index contributed by atoms with van der Waals surface area (Å²) >= 11 is 4.73. The van der Waals surface area contributed by atoms with Crippen molar-refractivity contribution in [3.05, 3.63) is 68.0 Å². The monoisotopic (exact) mass is 446 g/mol. The summed E-state index contributed by atoms with van der Waals surface area (Å²) < 4.78 is 0.984. The summed E-state index contributed by atoms with van der Waals surface area (Å²) in [6.07, 6.45) is 0. The van der Waals surface area contributed by atoms with Gasteiger partial charge in [0.05, 0.1) is 17.2 Å². The minimum Gasteiger partial charge on any atom is -0.376 e. The molecule has 0 aliphatic heterocycles. The zero-order valence-electron chi connectivity index (χ0n) is 14.2. The molecular formula is C18H15BrN4O3S. The second-order valence-corrected chi connectivity index (χ2v) is 7.48. The standard InChI is InChI=1S/C18H15BrN4O3S/c1-11-2-7-14(23(25)26)8-15(11)20-9-17(24)22-18-21-16(10-27-18)12-3-5-13(19)6-4-12/h2-8,10,20H,9H2,1H3,(H,21,22,24). The van der Waals surface area contributed by atoms with Crippen molar-refractivity contribution in [2.24, 2.45) is 0 Å². The Kier molecular flexibility index (Phi) is 5.82. The van der Waals surface area contributed by atoms with Crippen molar-refractivity contribution >= 4 is 49.7 Å². The van der Waals surface area contributed by atoms with Gasteiger partial charge >= 0.3 is 0 Å². The number of anilines is 2. The second kappa shape index (κ2) is 8.28. The van der Waals surface area contributed by atoms with E-state index in [0.29, 0.717) is 10.8 Å². The molecule has 0 aliphatic rings. The van der Waals surface area contributed by atoms with Gasteiger partial charge in [0, 0.05) is 33.2 Å². The normalized spacial score (nSPS) is 10.4. The van der Waals surface area contributed by atoms with Gasteiger partial charge in [0.25, 0.3) is 5.69 Å². The van der Waals surface area contributed by atoms with E-state index in [1.54, 1.807) is 6.07 Å². The smallest absolute Gasteiger partial charge is 0.271 e. The van der Waals surface area contributed by atoms with Crippen LogP contribution < -0.4 is 10.6 Å². The minimum atomic E-state index is -0.468. The first-order chi connectivity index (χ1) is 12.9. The van der Waals surface area contributed by atoms with Crippen LogP contribution in [0, 0.1) is 17.0 Å². The quantitative estimate of drug-likeness (QED) is 0.416. The summed E-state index contributed by atoms with van der Waals surface area (Å²) in [7, 11) is 0. The molecule has 138 valence electrons. The van der Waals surface area contributed by atoms with E-state index < -0.39 is 4.92 Å². The molecule has 0 spiro atoms. The van der Waals surface area contributed by atoms with E-state index in [4.69, 9.17) is 0 Å². The van der Waals surface area contributed by atoms with Crippen molar-refractivity contribution < 1.29 is 9.72 Å². The van der Waals surface area contributed by atoms with E-state index in [1.807, 2.05) is 36.6 Å². The molecule has 1 heterocycles. The summed E-state index contributed by atoms with van der Waals surface area (Å²) in [5.74, 6) is -0.280. The molecule has 0 radical (unpaired) electrons. The van der Waals surface area contributed by atoms with Crippen LogP contribution >= 0.6 is 27.3 Å². The number of nitro groups is 1. The summed E-state index contributed by atoms with van der Waals surface area (Å²) in [6.45, 7) is 1.80. The molecular weight excluding hydrogens is 432 g/mol. The Labute approximate surface area is 167 Å². The predicted molar refractivity (Wildman–Crippen MR) is 110 cm³/mol. The number of hydrogen-bond acceptors (Lipinski definition) is 6. The van der Waals surface area contributed by atoms with Crippen molar-refractivity contribution in [3.8, 4) is 11.3 Å². The first-order valence-electron chi connectivity index (χ1n) is 7.92. The van der Waals surface area contributed by atoms with Crippen molar-refractivity contribution in [1.82, 2.24) is 4.98 Å². The van der Waals surface area contributed by atoms with Crippen molar-refractivity contribution in [1.29, 1.82) is 0 Å². The summed E-state index contributed by atoms with van der Waals surface area (Å²) in [6, 6.07) is 12.2. The molecule has 2 N–H and O–H groups in total. The van der Waals surface area contributed by atoms with Crippen LogP contribution in [0.25, 0.3) is 11.3 Å². The number of nitro benzene ring substituents is 1. The highest BCUT2D eigenvalue weighted by Crippen LogP contribution is 2.26. The molecule has 0 aliphatic carbocycles. The zero-order chi connectivity index (χ0) is 19.4. The fourth-order valence-corrected chi connectivity index (χ4v) is 3.34. The Morgan fingerprint density at radius 1 is 1.26 bits per heavy atom. The Morgan fingerprint density at radius 3 is 2.70 bits per heavy atom. The van der Waals surface area contributed by atoms with E-state index in [0.717, 1.165) is 21.3 Å². The summed E-state index contributed by atoms with van der Waals surface area (Å²) in [5.41, 5.74) is 3.09. The van der Waals surface area contributed by atoms with Crippen LogP contribution in [-0.4, -0.2) is 22.4 Å². The van der Waals surface area contributed by atoms with Crippen LogP contribution in [0.15, 0.2) is 52.3 Å². The topological polar surface area (TPSA) is 97.2 Å². The molecule has 3 rings (SSSR count). The van der Waals surface area contributed by atoms with E-state index in [9.17, 15) is 14.9 Å². The van der Waals surface area contributed by atoms with Crippen molar-refractivity contribution in [3.63, 3.8) is 0 Å². The fourth-order valence-electron chi connectivity index (χ4n) is 2.34. The number of aromatic nitrogens is 1. The maximum absolute atomic E-state index is 12.2. The number of non-ortho nitro benzene ring substituents is 1. The van der Waals surface area contributed by atoms with Gasteiger partial charge in [-0.2, -0.15) is 0 Å². The SMILES string of the molecule is Cc1ccc([N+](=O)[O-])cc1NCC(=O)Nc1nc(-c2ccc(Br)cc2)cs1. The lowest BCUT2D eigenvalue weighted by atomic mass is 10.2. The van der Waals surface area contributed by atoms with Gasteiger partial charge in [-0.1, -0.05) is 34.1 Å². The van der Waals surface area contributed by atoms with Crippen molar-refractivity contribution in [2.75, 3.05) is 17.2 Å². The van der Waals surface area contributed by atoms with Crippen LogP contribution in [0.2, 0.25) is 0 Å². The molecule has 1 amide bonds. The Bertz CT molecular complexity index is 989. The van der Waals surface area contributed by atoms with Crippen LogP contribution in [-0.2, 0) is 4.79 Å². The number of amides is 1. The summed E-state index contributed by atoms with van der Waals surface area (Å²) in [4.78, 5) is 27.0. The van der Waals surface area contributed by atoms with Gasteiger partial charge in [-0.05, 0) is 24.6 Å². The number of thiazole rings is 1. The maximum Gasteiger partial charge on any atom is 0.271 e. The number of aryl methyl sites for hydroxylation is 1. The van der Waals surface area contributed by atoms with Gasteiger partial charge in [0.1, 0.15) is 0 Å². The highest BCUT2D eigenvalue weighted by Gasteiger charge is 2.11. The number of carbonyl (C=O) groups excluding carboxylic acids is 1. The molecule has 3 aromatic rings. The second-order valence-electron chi connectivity index (χ2n) is 5.70. The number of hydrogen-bond donors (Lipinski definition) is 2. The molecule has 27 heavy (non-hydrogen) atoms. The number of rotatable bonds is 6. The number of carbonyl (C=O) groups is 1. The highest BCUT2D eigenvalue weighted by atomic mass is 79.9. The lowest BCUT2D eigenvalue weighted by molar-refractivity contribution is -0.384. The van der Waals surface area contributed by atoms with Crippen LogP contribution in [0.4, 0.5) is 16.5 Å². The lowest BCUT2D eigenvalue weighted by Gasteiger charge is -2.08. The number of halogens is 1. The average Bonchev–Trinajstić information content (AvgIpc) is 3.09. The van der Waals surface area contributed by atoms with Gasteiger partial charge in [-0.3, -0.25) is 14.9 Å². The molecule has 0 atom stereocenters. The van der Waals surface area contributed by atoms with Gasteiger partial charge in [-0.25, -0.2) is 4.98 Å². The molecule has 2 aromatic carbocycles. The van der Waals surface area contributed by atoms with Crippen LogP contribution in [0.1, 0.15) is 5.56 Å². The Balaban J connectivity index is 1.61. The average molecular weight is 447 g/mol. The highest BCUT2D eigenvalue weighted by molar-refractivity contribution is 9.10. The van der Waals surface area contributed by atoms with Crippen LogP contribution in [0.5, 0.6) is 0 Å². The third kappa shape index (κ3) is 4.89. The molecule has 9 heteroatoms. The van der Waals surface area contributed by atoms with Gasteiger partial charge < -0.3 is 10.6 Å². The zero-order valence-corrected chi connectivity index (χ0v) is 16.6. The molecule has 0 saturated carbocycles. The first kappa shape index (κ1) is 19.0. The maximum atomic E-state index is 12.2. The van der Waals surface area contributed by atoms with E-state index in [1.165, 1.54) is 23.5 Å². The minimum absolute atomic E-state index is 0.0186. The molecule has 0 fully saturated rings. The van der Waals surface area contributed by atoms with E-state index in [-0.39, 0.29) is 18.1 Å².